The predicted octanol–water partition coefficient (Wildman–Crippen LogP) is 1.79. The van der Waals surface area contributed by atoms with E-state index < -0.39 is 6.03 Å². The fourth-order valence-corrected chi connectivity index (χ4v) is 4.23. The van der Waals surface area contributed by atoms with E-state index in [-0.39, 0.29) is 73.6 Å². The first-order valence-corrected chi connectivity index (χ1v) is 15.3. The van der Waals surface area contributed by atoms with Crippen LogP contribution in [0.2, 0.25) is 0 Å². The van der Waals surface area contributed by atoms with Crippen molar-refractivity contribution in [1.82, 2.24) is 5.32 Å². The van der Waals surface area contributed by atoms with Gasteiger partial charge in [-0.05, 0) is 88.1 Å². The number of anilines is 2. The van der Waals surface area contributed by atoms with Gasteiger partial charge in [0.05, 0.1) is 13.0 Å². The van der Waals surface area contributed by atoms with Gasteiger partial charge < -0.3 is 20.7 Å². The average Bonchev–Trinajstić information content (AvgIpc) is 2.91. The Morgan fingerprint density at radius 2 is 1.43 bits per heavy atom. The molecule has 1 saturated heterocycles. The summed E-state index contributed by atoms with van der Waals surface area (Å²) >= 11 is 6.96. The zero-order valence-corrected chi connectivity index (χ0v) is 32.1. The van der Waals surface area contributed by atoms with Crippen LogP contribution in [0.1, 0.15) is 55.9 Å². The maximum atomic E-state index is 11.7. The van der Waals surface area contributed by atoms with Crippen molar-refractivity contribution in [2.75, 3.05) is 42.7 Å². The van der Waals surface area contributed by atoms with Gasteiger partial charge in [-0.15, -0.1) is 6.61 Å². The van der Waals surface area contributed by atoms with Gasteiger partial charge in [0.2, 0.25) is 5.91 Å². The Hall–Kier alpha value is -2.00. The van der Waals surface area contributed by atoms with Gasteiger partial charge in [0.15, 0.2) is 0 Å². The molecule has 240 valence electrons. The number of primary amides is 1. The van der Waals surface area contributed by atoms with Crippen LogP contribution >= 0.6 is 31.9 Å². The van der Waals surface area contributed by atoms with Crippen LogP contribution in [0.3, 0.4) is 0 Å². The molecule has 11 nitrogen and oxygen atoms in total. The molecule has 2 aromatic rings. The van der Waals surface area contributed by atoms with E-state index in [1.807, 2.05) is 52.0 Å². The van der Waals surface area contributed by atoms with Crippen LogP contribution in [-0.2, 0) is 14.3 Å². The summed E-state index contributed by atoms with van der Waals surface area (Å²) in [4.78, 5) is 48.7. The number of ether oxygens (including phenoxy) is 1. The summed E-state index contributed by atoms with van der Waals surface area (Å²) in [7, 11) is 0. The molecular formula is C30H43Br2N4NaO7. The van der Waals surface area contributed by atoms with Gasteiger partial charge in [-0.2, -0.15) is 0 Å². The van der Waals surface area contributed by atoms with Crippen LogP contribution in [0.25, 0.3) is 0 Å². The Morgan fingerprint density at radius 1 is 1.00 bits per heavy atom. The number of nitrogens with zero attached hydrogens (tertiary/aromatic N) is 2. The molecule has 0 atom stereocenters. The average molecular weight is 754 g/mol. The molecule has 1 heterocycles. The smallest absolute Gasteiger partial charge is 0.855 e. The van der Waals surface area contributed by atoms with E-state index in [2.05, 4.69) is 37.2 Å². The molecule has 0 aromatic heterocycles. The molecule has 4 N–H and O–H groups in total. The van der Waals surface area contributed by atoms with E-state index in [9.17, 15) is 19.2 Å². The van der Waals surface area contributed by atoms with E-state index in [4.69, 9.17) is 20.7 Å². The number of imide groups is 1. The minimum absolute atomic E-state index is 0. The second-order valence-corrected chi connectivity index (χ2v) is 10.8. The number of aliphatic hydroxyl groups is 1. The van der Waals surface area contributed by atoms with E-state index in [1.54, 1.807) is 25.7 Å². The fraction of sp³-hybridized carbons (Fsp3) is 0.467. The number of rotatable bonds is 6. The molecule has 0 bridgehead atoms. The summed E-state index contributed by atoms with van der Waals surface area (Å²) in [6.45, 7) is 14.0. The van der Waals surface area contributed by atoms with Crippen molar-refractivity contribution < 1.29 is 63.7 Å². The molecule has 1 fully saturated rings. The summed E-state index contributed by atoms with van der Waals surface area (Å²) < 4.78 is 6.90. The van der Waals surface area contributed by atoms with Crippen LogP contribution in [0.4, 0.5) is 21.0 Å². The number of aryl methyl sites for hydroxylation is 4. The Kier molecular flexibility index (Phi) is 23.4. The number of nitrogens with two attached hydrogens (primary N) is 1. The number of esters is 1. The van der Waals surface area contributed by atoms with Crippen molar-refractivity contribution in [3.63, 3.8) is 0 Å². The van der Waals surface area contributed by atoms with E-state index in [0.29, 0.717) is 25.3 Å². The summed E-state index contributed by atoms with van der Waals surface area (Å²) in [5, 5.41) is 18.8. The van der Waals surface area contributed by atoms with Crippen LogP contribution in [0.15, 0.2) is 33.2 Å². The van der Waals surface area contributed by atoms with Crippen molar-refractivity contribution in [1.29, 1.82) is 0 Å². The normalized spacial score (nSPS) is 11.7. The molecule has 3 rings (SSSR count). The number of halogens is 2. The second-order valence-electron chi connectivity index (χ2n) is 9.19. The van der Waals surface area contributed by atoms with Gasteiger partial charge in [-0.1, -0.05) is 38.8 Å². The van der Waals surface area contributed by atoms with Gasteiger partial charge in [-0.3, -0.25) is 24.7 Å². The molecule has 14 heteroatoms. The third-order valence-electron chi connectivity index (χ3n) is 5.63. The molecule has 0 saturated carbocycles. The summed E-state index contributed by atoms with van der Waals surface area (Å²) in [6.07, 6.45) is 0.463. The molecule has 5 amide bonds. The molecule has 0 aliphatic carbocycles. The number of benzene rings is 2. The molecule has 44 heavy (non-hydrogen) atoms. The quantitative estimate of drug-likeness (QED) is 0.299. The van der Waals surface area contributed by atoms with Gasteiger partial charge in [-0.25, -0.2) is 9.59 Å². The Labute approximate surface area is 299 Å². The molecular weight excluding hydrogens is 711 g/mol. The molecule has 0 unspecified atom stereocenters. The maximum absolute atomic E-state index is 11.7. The van der Waals surface area contributed by atoms with Crippen molar-refractivity contribution in [2.24, 2.45) is 5.73 Å². The maximum Gasteiger partial charge on any atom is 1.00 e. The first kappa shape index (κ1) is 44.1. The van der Waals surface area contributed by atoms with Crippen molar-refractivity contribution >= 4 is 67.2 Å². The van der Waals surface area contributed by atoms with E-state index in [0.717, 1.165) is 36.9 Å². The monoisotopic (exact) mass is 752 g/mol. The third-order valence-corrected chi connectivity index (χ3v) is 8.13. The van der Waals surface area contributed by atoms with Crippen LogP contribution < -0.4 is 55.5 Å². The summed E-state index contributed by atoms with van der Waals surface area (Å²) in [5.74, 6) is -0.555. The largest absolute Gasteiger partial charge is 1.00 e. The topological polar surface area (TPSA) is 165 Å². The number of nitrogens with one attached hydrogen (secondary N) is 1. The second kappa shape index (κ2) is 23.4. The summed E-state index contributed by atoms with van der Waals surface area (Å²) in [5.41, 5.74) is 11.0. The first-order chi connectivity index (χ1) is 20.2. The predicted molar refractivity (Wildman–Crippen MR) is 174 cm³/mol. The molecule has 0 spiro atoms. The standard InChI is InChI=1S/C14H19BrN2O3.C12H13BrN2O2.C2H6O.C2H5O.Na/c1-4-20-12(18)5-6-17(14(16)19)11-7-9(2)13(15)10(3)8-11;1-7-5-9(6-8(2)11(7)13)15-4-3-10(16)14-12(15)17;2*1-2-3;/h7-8H,4-6H2,1-3H3,(H2,16,19);5-6H,3-4H2,1-2H3,(H,14,16,17);3H,2H2,1H3;2H2,1H3;/q;;;-1;+1. The summed E-state index contributed by atoms with van der Waals surface area (Å²) in [6, 6.07) is 6.65. The molecule has 1 aliphatic rings. The van der Waals surface area contributed by atoms with Crippen molar-refractivity contribution in [3.8, 4) is 0 Å². The van der Waals surface area contributed by atoms with Gasteiger partial charge >= 0.3 is 47.6 Å². The number of hydrogen-bond donors (Lipinski definition) is 3. The van der Waals surface area contributed by atoms with E-state index in [1.165, 1.54) is 4.90 Å². The Balaban J connectivity index is 0. The van der Waals surface area contributed by atoms with Crippen LogP contribution in [-0.4, -0.2) is 62.0 Å². The number of carbonyl (C=O) groups excluding carboxylic acids is 4. The van der Waals surface area contributed by atoms with Crippen LogP contribution in [0, 0.1) is 27.7 Å². The van der Waals surface area contributed by atoms with Crippen molar-refractivity contribution in [2.45, 2.75) is 61.3 Å². The first-order valence-electron chi connectivity index (χ1n) is 13.7. The SMILES string of the molecule is CCO.CCOC(=O)CCN(C(N)=O)c1cc(C)c(Br)c(C)c1.CC[O-].Cc1cc(N2CCC(=O)NC2=O)cc(C)c1Br.[Na+]. The van der Waals surface area contributed by atoms with E-state index >= 15 is 0 Å². The number of urea groups is 2. The minimum atomic E-state index is -0.588. The number of hydrogen-bond acceptors (Lipinski definition) is 7. The minimum Gasteiger partial charge on any atom is -0.855 e. The fourth-order valence-electron chi connectivity index (χ4n) is 3.77. The van der Waals surface area contributed by atoms with Gasteiger partial charge in [0, 0.05) is 46.4 Å². The third kappa shape index (κ3) is 15.3. The molecule has 1 aliphatic heterocycles. The Morgan fingerprint density at radius 3 is 1.82 bits per heavy atom. The molecule has 0 radical (unpaired) electrons. The van der Waals surface area contributed by atoms with Gasteiger partial charge in [0.25, 0.3) is 0 Å². The number of amides is 5. The zero-order chi connectivity index (χ0) is 33.3. The van der Waals surface area contributed by atoms with Crippen molar-refractivity contribution in [3.05, 3.63) is 55.5 Å². The van der Waals surface area contributed by atoms with Crippen LogP contribution in [0.5, 0.6) is 0 Å². The zero-order valence-electron chi connectivity index (χ0n) is 26.9. The number of aliphatic hydroxyl groups excluding tert-OH is 1. The number of carbonyl (C=O) groups is 4. The van der Waals surface area contributed by atoms with Gasteiger partial charge in [0.1, 0.15) is 0 Å². The Bertz CT molecular complexity index is 1200. The molecule has 2 aromatic carbocycles.